The Morgan fingerprint density at radius 1 is 0.373 bits per heavy atom. The minimum Gasteiger partial charge on any atom is -0.310 e. The molecule has 1 aliphatic rings. The zero-order valence-corrected chi connectivity index (χ0v) is 33.2. The summed E-state index contributed by atoms with van der Waals surface area (Å²) in [5.74, 6) is 0. The molecule has 1 aromatic heterocycles. The number of hydrogen-bond acceptors (Lipinski definition) is 1. The molecule has 0 saturated carbocycles. The highest BCUT2D eigenvalue weighted by Crippen LogP contribution is 2.52. The summed E-state index contributed by atoms with van der Waals surface area (Å²) in [6.07, 6.45) is 0. The van der Waals surface area contributed by atoms with E-state index in [0.29, 0.717) is 0 Å². The summed E-state index contributed by atoms with van der Waals surface area (Å²) in [6, 6.07) is 79.9. The first-order chi connectivity index (χ1) is 29.0. The molecule has 0 N–H and O–H groups in total. The van der Waals surface area contributed by atoms with E-state index in [1.165, 1.54) is 77.4 Å². The third-order valence-corrected chi connectivity index (χ3v) is 12.4. The fourth-order valence-electron chi connectivity index (χ4n) is 9.56. The van der Waals surface area contributed by atoms with Crippen LogP contribution in [0, 0.1) is 0 Å². The molecule has 2 nitrogen and oxygen atoms in total. The summed E-state index contributed by atoms with van der Waals surface area (Å²) in [5, 5.41) is 2.45. The molecule has 0 fully saturated rings. The molecule has 1 heterocycles. The van der Waals surface area contributed by atoms with Gasteiger partial charge in [0.15, 0.2) is 0 Å². The van der Waals surface area contributed by atoms with Crippen molar-refractivity contribution in [2.75, 3.05) is 4.90 Å². The number of nitrogens with zero attached hydrogens (tertiary/aromatic N) is 2. The van der Waals surface area contributed by atoms with E-state index in [1.807, 2.05) is 0 Å². The molecule has 0 aliphatic heterocycles. The second-order valence-corrected chi connectivity index (χ2v) is 16.1. The first kappa shape index (κ1) is 34.8. The third-order valence-electron chi connectivity index (χ3n) is 12.4. The quantitative estimate of drug-likeness (QED) is 0.157. The summed E-state index contributed by atoms with van der Waals surface area (Å²) >= 11 is 0. The summed E-state index contributed by atoms with van der Waals surface area (Å²) in [4.78, 5) is 2.50. The van der Waals surface area contributed by atoms with Gasteiger partial charge in [0.25, 0.3) is 0 Å². The van der Waals surface area contributed by atoms with Crippen LogP contribution in [0.1, 0.15) is 25.0 Å². The summed E-state index contributed by atoms with van der Waals surface area (Å²) < 4.78 is 2.39. The van der Waals surface area contributed by atoms with Crippen LogP contribution in [0.4, 0.5) is 17.1 Å². The Hall–Kier alpha value is -7.42. The number of rotatable bonds is 7. The molecular weight excluding hydrogens is 713 g/mol. The Labute approximate surface area is 345 Å². The largest absolute Gasteiger partial charge is 0.310 e. The van der Waals surface area contributed by atoms with Gasteiger partial charge >= 0.3 is 0 Å². The molecule has 0 spiro atoms. The Morgan fingerprint density at radius 3 is 1.71 bits per heavy atom. The lowest BCUT2D eigenvalue weighted by Crippen LogP contribution is -2.17. The van der Waals surface area contributed by atoms with Gasteiger partial charge in [-0.05, 0) is 105 Å². The zero-order valence-electron chi connectivity index (χ0n) is 33.2. The highest BCUT2D eigenvalue weighted by Gasteiger charge is 2.36. The normalized spacial score (nSPS) is 12.7. The molecule has 2 heteroatoms. The van der Waals surface area contributed by atoms with E-state index in [4.69, 9.17) is 0 Å². The van der Waals surface area contributed by atoms with Crippen molar-refractivity contribution in [2.24, 2.45) is 0 Å². The SMILES string of the molecule is CC1(C)c2ccccc2-c2ccc(N(c3ccc4c(c3)c3ccccc3n4-c3ccccc3)c3cccc(-c4ccccc4)c3-c3ccc(-c4ccccc4)cc3)cc21. The Kier molecular flexibility index (Phi) is 8.20. The van der Waals surface area contributed by atoms with Crippen LogP contribution in [0.5, 0.6) is 0 Å². The maximum Gasteiger partial charge on any atom is 0.0546 e. The Balaban J connectivity index is 1.18. The van der Waals surface area contributed by atoms with Crippen LogP contribution >= 0.6 is 0 Å². The molecule has 0 bridgehead atoms. The molecule has 0 amide bonds. The maximum absolute atomic E-state index is 2.50. The average Bonchev–Trinajstić information content (AvgIpc) is 3.75. The van der Waals surface area contributed by atoms with Crippen LogP contribution in [-0.4, -0.2) is 4.57 Å². The van der Waals surface area contributed by atoms with Gasteiger partial charge in [-0.25, -0.2) is 0 Å². The molecule has 0 unspecified atom stereocenters. The minimum atomic E-state index is -0.150. The van der Waals surface area contributed by atoms with Crippen molar-refractivity contribution >= 4 is 38.9 Å². The van der Waals surface area contributed by atoms with E-state index < -0.39 is 0 Å². The number of benzene rings is 9. The van der Waals surface area contributed by atoms with Gasteiger partial charge in [-0.15, -0.1) is 0 Å². The van der Waals surface area contributed by atoms with Crippen LogP contribution < -0.4 is 4.90 Å². The van der Waals surface area contributed by atoms with Gasteiger partial charge in [0, 0.05) is 38.8 Å². The van der Waals surface area contributed by atoms with Crippen LogP contribution in [-0.2, 0) is 5.41 Å². The van der Waals surface area contributed by atoms with E-state index in [1.54, 1.807) is 0 Å². The van der Waals surface area contributed by atoms with E-state index in [0.717, 1.165) is 22.7 Å². The lowest BCUT2D eigenvalue weighted by Gasteiger charge is -2.31. The molecule has 0 saturated heterocycles. The van der Waals surface area contributed by atoms with E-state index in [-0.39, 0.29) is 5.41 Å². The molecule has 0 atom stereocenters. The van der Waals surface area contributed by atoms with Gasteiger partial charge in [-0.3, -0.25) is 0 Å². The first-order valence-corrected chi connectivity index (χ1v) is 20.5. The molecule has 59 heavy (non-hydrogen) atoms. The predicted molar refractivity (Wildman–Crippen MR) is 249 cm³/mol. The number of para-hydroxylation sites is 2. The third kappa shape index (κ3) is 5.71. The molecule has 1 aliphatic carbocycles. The topological polar surface area (TPSA) is 8.17 Å². The van der Waals surface area contributed by atoms with Gasteiger partial charge in [-0.2, -0.15) is 0 Å². The molecule has 10 aromatic rings. The lowest BCUT2D eigenvalue weighted by atomic mass is 9.82. The van der Waals surface area contributed by atoms with Gasteiger partial charge in [0.2, 0.25) is 0 Å². The number of aromatic nitrogens is 1. The lowest BCUT2D eigenvalue weighted by molar-refractivity contribution is 0.660. The van der Waals surface area contributed by atoms with Crippen LogP contribution in [0.2, 0.25) is 0 Å². The molecule has 11 rings (SSSR count). The standard InChI is InChI=1S/C57H42N2/c1-57(2)51-26-14-12-23-47(51)48-35-33-45(38-52(48)57)58(44-34-36-54-50(37-44)49-24-13-15-27-53(49)59(54)43-21-10-5-11-22-43)55-28-16-25-46(41-19-8-4-9-20-41)56(55)42-31-29-40(30-32-42)39-17-6-3-7-18-39/h3-38H,1-2H3. The predicted octanol–water partition coefficient (Wildman–Crippen LogP) is 15.6. The average molecular weight is 755 g/mol. The maximum atomic E-state index is 2.50. The Morgan fingerprint density at radius 2 is 0.932 bits per heavy atom. The zero-order chi connectivity index (χ0) is 39.5. The first-order valence-electron chi connectivity index (χ1n) is 20.5. The molecular formula is C57H42N2. The van der Waals surface area contributed by atoms with Crippen molar-refractivity contribution in [3.8, 4) is 50.2 Å². The summed E-state index contributed by atoms with van der Waals surface area (Å²) in [6.45, 7) is 4.73. The van der Waals surface area contributed by atoms with Crippen molar-refractivity contribution in [1.29, 1.82) is 0 Å². The second kappa shape index (κ2) is 13.9. The minimum absolute atomic E-state index is 0.150. The monoisotopic (exact) mass is 754 g/mol. The highest BCUT2D eigenvalue weighted by atomic mass is 15.1. The van der Waals surface area contributed by atoms with Crippen molar-refractivity contribution in [1.82, 2.24) is 4.57 Å². The summed E-state index contributed by atoms with van der Waals surface area (Å²) in [5.41, 5.74) is 19.2. The number of hydrogen-bond donors (Lipinski definition) is 0. The summed E-state index contributed by atoms with van der Waals surface area (Å²) in [7, 11) is 0. The van der Waals surface area contributed by atoms with Gasteiger partial charge < -0.3 is 9.47 Å². The van der Waals surface area contributed by atoms with Crippen molar-refractivity contribution < 1.29 is 0 Å². The smallest absolute Gasteiger partial charge is 0.0546 e. The van der Waals surface area contributed by atoms with Crippen molar-refractivity contribution in [3.63, 3.8) is 0 Å². The van der Waals surface area contributed by atoms with Crippen molar-refractivity contribution in [3.05, 3.63) is 230 Å². The van der Waals surface area contributed by atoms with Crippen LogP contribution in [0.25, 0.3) is 72.0 Å². The molecule has 280 valence electrons. The number of fused-ring (bicyclic) bond motifs is 6. The van der Waals surface area contributed by atoms with Gasteiger partial charge in [-0.1, -0.05) is 178 Å². The van der Waals surface area contributed by atoms with E-state index in [9.17, 15) is 0 Å². The van der Waals surface area contributed by atoms with Crippen LogP contribution in [0.15, 0.2) is 218 Å². The Bertz CT molecular complexity index is 3160. The van der Waals surface area contributed by atoms with Crippen molar-refractivity contribution in [2.45, 2.75) is 19.3 Å². The number of anilines is 3. The van der Waals surface area contributed by atoms with Crippen LogP contribution in [0.3, 0.4) is 0 Å². The van der Waals surface area contributed by atoms with Gasteiger partial charge in [0.05, 0.1) is 16.7 Å². The fraction of sp³-hybridized carbons (Fsp3) is 0.0526. The fourth-order valence-corrected chi connectivity index (χ4v) is 9.56. The second-order valence-electron chi connectivity index (χ2n) is 16.1. The molecule has 0 radical (unpaired) electrons. The highest BCUT2D eigenvalue weighted by molar-refractivity contribution is 6.11. The molecule has 9 aromatic carbocycles. The van der Waals surface area contributed by atoms with Gasteiger partial charge in [0.1, 0.15) is 0 Å². The van der Waals surface area contributed by atoms with E-state index >= 15 is 0 Å². The van der Waals surface area contributed by atoms with E-state index in [2.05, 4.69) is 242 Å².